The van der Waals surface area contributed by atoms with Gasteiger partial charge in [0.05, 0.1) is 18.0 Å². The van der Waals surface area contributed by atoms with Gasteiger partial charge in [-0.15, -0.1) is 0 Å². The van der Waals surface area contributed by atoms with Crippen molar-refractivity contribution in [1.29, 1.82) is 0 Å². The summed E-state index contributed by atoms with van der Waals surface area (Å²) < 4.78 is 27.3. The summed E-state index contributed by atoms with van der Waals surface area (Å²) in [5, 5.41) is 8.92. The number of anilines is 1. The molecule has 0 atom stereocenters. The van der Waals surface area contributed by atoms with Gasteiger partial charge in [-0.3, -0.25) is 14.8 Å². The van der Waals surface area contributed by atoms with E-state index in [0.717, 1.165) is 15.4 Å². The van der Waals surface area contributed by atoms with E-state index < -0.39 is 21.8 Å². The number of nitrogens with one attached hydrogen (secondary N) is 1. The van der Waals surface area contributed by atoms with Crippen LogP contribution in [0.2, 0.25) is 0 Å². The fourth-order valence-electron chi connectivity index (χ4n) is 4.95. The van der Waals surface area contributed by atoms with Crippen molar-refractivity contribution in [2.75, 3.05) is 18.5 Å². The number of benzene rings is 3. The normalized spacial score (nSPS) is 14.3. The van der Waals surface area contributed by atoms with Crippen LogP contribution in [0.1, 0.15) is 65.1 Å². The van der Waals surface area contributed by atoms with Crippen molar-refractivity contribution >= 4 is 27.5 Å². The van der Waals surface area contributed by atoms with Crippen molar-refractivity contribution < 1.29 is 23.2 Å². The quantitative estimate of drug-likeness (QED) is 0.288. The topological polar surface area (TPSA) is 107 Å². The van der Waals surface area contributed by atoms with Crippen LogP contribution in [-0.2, 0) is 21.4 Å². The number of hydrogen-bond acceptors (Lipinski definition) is 5. The molecular weight excluding hydrogens is 514 g/mol. The fourth-order valence-corrected chi connectivity index (χ4v) is 6.07. The van der Waals surface area contributed by atoms with Crippen LogP contribution in [-0.4, -0.2) is 43.3 Å². The van der Waals surface area contributed by atoms with Gasteiger partial charge in [0, 0.05) is 18.3 Å². The summed E-state index contributed by atoms with van der Waals surface area (Å²) in [5.41, 5.74) is 5.48. The molecule has 0 spiro atoms. The van der Waals surface area contributed by atoms with E-state index in [9.17, 15) is 18.0 Å². The molecule has 8 nitrogen and oxygen atoms in total. The Balaban J connectivity index is 1.57. The minimum absolute atomic E-state index is 0.118. The number of carbonyl (C=O) groups excluding carboxylic acids is 2. The zero-order valence-corrected chi connectivity index (χ0v) is 23.2. The van der Waals surface area contributed by atoms with Gasteiger partial charge >= 0.3 is 0 Å². The maximum Gasteiger partial charge on any atom is 0.274 e. The lowest BCUT2D eigenvalue weighted by Crippen LogP contribution is -2.41. The van der Waals surface area contributed by atoms with E-state index in [0.29, 0.717) is 11.6 Å². The monoisotopic (exact) mass is 549 g/mol. The van der Waals surface area contributed by atoms with Gasteiger partial charge in [-0.1, -0.05) is 61.2 Å². The summed E-state index contributed by atoms with van der Waals surface area (Å²) in [4.78, 5) is 27.0. The highest BCUT2D eigenvalue weighted by atomic mass is 32.2. The van der Waals surface area contributed by atoms with E-state index in [1.54, 1.807) is 29.7 Å². The van der Waals surface area contributed by atoms with Gasteiger partial charge in [-0.2, -0.15) is 4.31 Å². The number of hydroxylamine groups is 1. The molecule has 0 saturated heterocycles. The number of aryl methyl sites for hydroxylation is 1. The van der Waals surface area contributed by atoms with Gasteiger partial charge in [0.2, 0.25) is 15.9 Å². The van der Waals surface area contributed by atoms with Crippen molar-refractivity contribution in [3.63, 3.8) is 0 Å². The van der Waals surface area contributed by atoms with E-state index >= 15 is 0 Å². The number of amides is 2. The van der Waals surface area contributed by atoms with Gasteiger partial charge in [0.15, 0.2) is 0 Å². The third-order valence-electron chi connectivity index (χ3n) is 7.33. The van der Waals surface area contributed by atoms with Crippen LogP contribution in [0.25, 0.3) is 0 Å². The predicted molar refractivity (Wildman–Crippen MR) is 150 cm³/mol. The zero-order chi connectivity index (χ0) is 28.0. The molecule has 3 aromatic carbocycles. The van der Waals surface area contributed by atoms with E-state index in [-0.39, 0.29) is 23.5 Å². The molecule has 0 aromatic heterocycles. The van der Waals surface area contributed by atoms with Crippen LogP contribution < -0.4 is 10.4 Å². The lowest BCUT2D eigenvalue weighted by atomic mass is 9.84. The van der Waals surface area contributed by atoms with Crippen LogP contribution in [0, 0.1) is 6.92 Å². The average Bonchev–Trinajstić information content (AvgIpc) is 2.96. The molecule has 0 bridgehead atoms. The largest absolute Gasteiger partial charge is 0.307 e. The van der Waals surface area contributed by atoms with Crippen LogP contribution >= 0.6 is 0 Å². The number of rotatable bonds is 9. The van der Waals surface area contributed by atoms with E-state index in [1.165, 1.54) is 73.9 Å². The second-order valence-electron chi connectivity index (χ2n) is 10.1. The summed E-state index contributed by atoms with van der Waals surface area (Å²) in [6.07, 6.45) is 6.17. The highest BCUT2D eigenvalue weighted by Crippen LogP contribution is 2.33. The maximum absolute atomic E-state index is 13.6. The molecule has 1 aliphatic rings. The predicted octanol–water partition coefficient (Wildman–Crippen LogP) is 5.02. The first-order chi connectivity index (χ1) is 18.7. The van der Waals surface area contributed by atoms with Crippen molar-refractivity contribution in [2.45, 2.75) is 56.4 Å². The first kappa shape index (κ1) is 28.5. The molecule has 0 unspecified atom stereocenters. The van der Waals surface area contributed by atoms with E-state index in [2.05, 4.69) is 12.1 Å². The summed E-state index contributed by atoms with van der Waals surface area (Å²) in [6, 6.07) is 21.0. The second-order valence-corrected chi connectivity index (χ2v) is 12.2. The van der Waals surface area contributed by atoms with Gasteiger partial charge in [-0.25, -0.2) is 13.9 Å². The van der Waals surface area contributed by atoms with Crippen LogP contribution in [0.5, 0.6) is 0 Å². The zero-order valence-electron chi connectivity index (χ0n) is 22.3. The Morgan fingerprint density at radius 1 is 0.897 bits per heavy atom. The van der Waals surface area contributed by atoms with Gasteiger partial charge in [0.1, 0.15) is 0 Å². The number of sulfonamides is 1. The molecule has 0 heterocycles. The molecule has 4 rings (SSSR count). The Labute approximate surface area is 230 Å². The number of hydrogen-bond donors (Lipinski definition) is 2. The number of carbonyl (C=O) groups is 2. The summed E-state index contributed by atoms with van der Waals surface area (Å²) in [5.74, 6) is -0.512. The average molecular weight is 550 g/mol. The molecule has 39 heavy (non-hydrogen) atoms. The first-order valence-electron chi connectivity index (χ1n) is 13.2. The molecule has 1 fully saturated rings. The molecule has 206 valence electrons. The fraction of sp³-hybridized carbons (Fsp3) is 0.333. The van der Waals surface area contributed by atoms with E-state index in [4.69, 9.17) is 5.21 Å². The standard InChI is InChI=1S/C30H35N3O5S/c1-22-8-18-28(19-9-22)39(37,38)32(2)21-29(34)33(27-16-14-26(15-17-27)30(35)31-36)20-23-10-12-25(13-11-23)24-6-4-3-5-7-24/h8-19,24,36H,3-7,20-21H2,1-2H3,(H,31,35). The molecule has 0 aliphatic heterocycles. The van der Waals surface area contributed by atoms with Crippen LogP contribution in [0.15, 0.2) is 77.7 Å². The second kappa shape index (κ2) is 12.5. The highest BCUT2D eigenvalue weighted by Gasteiger charge is 2.26. The summed E-state index contributed by atoms with van der Waals surface area (Å²) >= 11 is 0. The minimum Gasteiger partial charge on any atom is -0.307 e. The number of nitrogens with zero attached hydrogens (tertiary/aromatic N) is 2. The van der Waals surface area contributed by atoms with E-state index in [1.807, 2.05) is 19.1 Å². The van der Waals surface area contributed by atoms with Gasteiger partial charge in [-0.05, 0) is 73.2 Å². The Morgan fingerprint density at radius 3 is 2.10 bits per heavy atom. The molecular formula is C30H35N3O5S. The van der Waals surface area contributed by atoms with Crippen molar-refractivity contribution in [1.82, 2.24) is 9.79 Å². The Bertz CT molecular complexity index is 1380. The number of likely N-dealkylation sites (N-methyl/N-ethyl adjacent to an activating group) is 1. The molecule has 3 aromatic rings. The molecule has 9 heteroatoms. The van der Waals surface area contributed by atoms with Crippen molar-refractivity contribution in [3.8, 4) is 0 Å². The minimum atomic E-state index is -3.87. The molecule has 1 saturated carbocycles. The highest BCUT2D eigenvalue weighted by molar-refractivity contribution is 7.89. The lowest BCUT2D eigenvalue weighted by molar-refractivity contribution is -0.118. The molecule has 2 N–H and O–H groups in total. The summed E-state index contributed by atoms with van der Waals surface area (Å²) in [6.45, 7) is 1.74. The van der Waals surface area contributed by atoms with Crippen LogP contribution in [0.3, 0.4) is 0 Å². The lowest BCUT2D eigenvalue weighted by Gasteiger charge is -2.26. The summed E-state index contributed by atoms with van der Waals surface area (Å²) in [7, 11) is -2.49. The molecule has 1 aliphatic carbocycles. The first-order valence-corrected chi connectivity index (χ1v) is 14.6. The molecule has 0 radical (unpaired) electrons. The van der Waals surface area contributed by atoms with Crippen LogP contribution in [0.4, 0.5) is 5.69 Å². The van der Waals surface area contributed by atoms with Gasteiger partial charge < -0.3 is 4.90 Å². The Hall–Kier alpha value is -3.53. The SMILES string of the molecule is Cc1ccc(S(=O)(=O)N(C)CC(=O)N(Cc2ccc(C3CCCCC3)cc2)c2ccc(C(=O)NO)cc2)cc1. The third kappa shape index (κ3) is 6.92. The third-order valence-corrected chi connectivity index (χ3v) is 9.15. The van der Waals surface area contributed by atoms with Gasteiger partial charge in [0.25, 0.3) is 5.91 Å². The van der Waals surface area contributed by atoms with Crippen molar-refractivity contribution in [3.05, 3.63) is 95.1 Å². The molecule has 2 amide bonds. The smallest absolute Gasteiger partial charge is 0.274 e. The maximum atomic E-state index is 13.6. The Morgan fingerprint density at radius 2 is 1.51 bits per heavy atom. The van der Waals surface area contributed by atoms with Crippen molar-refractivity contribution in [2.24, 2.45) is 0 Å². The Kier molecular flexibility index (Phi) is 9.16.